The van der Waals surface area contributed by atoms with Crippen molar-refractivity contribution in [3.05, 3.63) is 35.8 Å². The Hall–Kier alpha value is -1.35. The molecule has 0 amide bonds. The first-order valence-corrected chi connectivity index (χ1v) is 4.04. The molecule has 1 N–H and O–H groups in total. The van der Waals surface area contributed by atoms with Crippen LogP contribution in [0.5, 0.6) is 0 Å². The summed E-state index contributed by atoms with van der Waals surface area (Å²) in [5.41, 5.74) is 0.892. The zero-order valence-corrected chi connectivity index (χ0v) is 7.12. The van der Waals surface area contributed by atoms with Crippen molar-refractivity contribution >= 4 is 11.0 Å². The van der Waals surface area contributed by atoms with E-state index < -0.39 is 11.9 Å². The number of halogens is 1. The molecule has 0 fully saturated rings. The number of hydrogen-bond donors (Lipinski definition) is 1. The lowest BCUT2D eigenvalue weighted by molar-refractivity contribution is 0.196. The van der Waals surface area contributed by atoms with E-state index in [1.165, 1.54) is 19.3 Å². The van der Waals surface area contributed by atoms with Crippen LogP contribution in [0.4, 0.5) is 4.39 Å². The van der Waals surface area contributed by atoms with E-state index >= 15 is 0 Å². The molecule has 0 bridgehead atoms. The monoisotopic (exact) mass is 180 g/mol. The predicted molar refractivity (Wildman–Crippen MR) is 46.8 cm³/mol. The highest BCUT2D eigenvalue weighted by atomic mass is 19.1. The summed E-state index contributed by atoms with van der Waals surface area (Å²) in [5, 5.41) is 9.97. The van der Waals surface area contributed by atoms with Gasteiger partial charge in [0.05, 0.1) is 12.4 Å². The molecular weight excluding hydrogens is 171 g/mol. The summed E-state index contributed by atoms with van der Waals surface area (Å²) in [7, 11) is 0. The van der Waals surface area contributed by atoms with E-state index in [0.29, 0.717) is 16.5 Å². The Balaban J connectivity index is 2.80. The fourth-order valence-electron chi connectivity index (χ4n) is 1.46. The molecule has 2 aromatic rings. The molecule has 2 nitrogen and oxygen atoms in total. The first-order chi connectivity index (χ1) is 6.20. The molecule has 1 atom stereocenters. The molecule has 0 aliphatic rings. The van der Waals surface area contributed by atoms with Crippen LogP contribution >= 0.6 is 0 Å². The average molecular weight is 180 g/mol. The minimum absolute atomic E-state index is 0.297. The molecule has 0 spiro atoms. The standard InChI is InChI=1S/C10H9FO2/c1-6(12)10-7-4-5-13-9(7)3-2-8(10)11/h2-6,12H,1H3. The van der Waals surface area contributed by atoms with E-state index in [9.17, 15) is 9.50 Å². The smallest absolute Gasteiger partial charge is 0.134 e. The zero-order chi connectivity index (χ0) is 9.42. The van der Waals surface area contributed by atoms with Crippen molar-refractivity contribution in [2.75, 3.05) is 0 Å². The van der Waals surface area contributed by atoms with Crippen LogP contribution in [-0.2, 0) is 0 Å². The Kier molecular flexibility index (Phi) is 1.81. The topological polar surface area (TPSA) is 33.4 Å². The number of hydrogen-bond acceptors (Lipinski definition) is 2. The molecule has 2 rings (SSSR count). The molecule has 13 heavy (non-hydrogen) atoms. The maximum atomic E-state index is 13.2. The fourth-order valence-corrected chi connectivity index (χ4v) is 1.46. The number of fused-ring (bicyclic) bond motifs is 1. The molecule has 1 aromatic carbocycles. The summed E-state index contributed by atoms with van der Waals surface area (Å²) in [4.78, 5) is 0. The van der Waals surface area contributed by atoms with Gasteiger partial charge in [0, 0.05) is 10.9 Å². The summed E-state index contributed by atoms with van der Waals surface area (Å²) in [6.07, 6.45) is 0.664. The number of rotatable bonds is 1. The molecule has 3 heteroatoms. The Morgan fingerprint density at radius 1 is 1.38 bits per heavy atom. The van der Waals surface area contributed by atoms with Gasteiger partial charge >= 0.3 is 0 Å². The van der Waals surface area contributed by atoms with Gasteiger partial charge in [0.2, 0.25) is 0 Å². The highest BCUT2D eigenvalue weighted by Crippen LogP contribution is 2.27. The van der Waals surface area contributed by atoms with Crippen LogP contribution in [0.2, 0.25) is 0 Å². The van der Waals surface area contributed by atoms with Crippen molar-refractivity contribution < 1.29 is 13.9 Å². The molecule has 0 aliphatic heterocycles. The van der Waals surface area contributed by atoms with Crippen LogP contribution in [0.1, 0.15) is 18.6 Å². The maximum Gasteiger partial charge on any atom is 0.134 e. The van der Waals surface area contributed by atoms with Gasteiger partial charge in [0.1, 0.15) is 11.4 Å². The third kappa shape index (κ3) is 1.21. The van der Waals surface area contributed by atoms with Gasteiger partial charge in [-0.1, -0.05) is 0 Å². The van der Waals surface area contributed by atoms with E-state index in [4.69, 9.17) is 4.42 Å². The van der Waals surface area contributed by atoms with E-state index in [1.54, 1.807) is 12.1 Å². The molecule has 0 saturated heterocycles. The lowest BCUT2D eigenvalue weighted by atomic mass is 10.1. The van der Waals surface area contributed by atoms with Gasteiger partial charge in [0.25, 0.3) is 0 Å². The Bertz CT molecular complexity index is 431. The first kappa shape index (κ1) is 8.26. The Morgan fingerprint density at radius 2 is 2.15 bits per heavy atom. The Labute approximate surface area is 74.6 Å². The van der Waals surface area contributed by atoms with Crippen molar-refractivity contribution in [3.8, 4) is 0 Å². The van der Waals surface area contributed by atoms with Gasteiger partial charge in [-0.2, -0.15) is 0 Å². The number of furan rings is 1. The quantitative estimate of drug-likeness (QED) is 0.731. The number of aliphatic hydroxyl groups is 1. The second kappa shape index (κ2) is 2.85. The van der Waals surface area contributed by atoms with Crippen molar-refractivity contribution in [3.63, 3.8) is 0 Å². The fraction of sp³-hybridized carbons (Fsp3) is 0.200. The lowest BCUT2D eigenvalue weighted by Gasteiger charge is -2.06. The third-order valence-electron chi connectivity index (χ3n) is 2.04. The molecule has 1 aromatic heterocycles. The minimum atomic E-state index is -0.818. The zero-order valence-electron chi connectivity index (χ0n) is 7.12. The SMILES string of the molecule is CC(O)c1c(F)ccc2occc12. The van der Waals surface area contributed by atoms with Crippen LogP contribution in [0, 0.1) is 5.82 Å². The molecule has 68 valence electrons. The van der Waals surface area contributed by atoms with Crippen molar-refractivity contribution in [2.24, 2.45) is 0 Å². The molecule has 0 aliphatic carbocycles. The van der Waals surface area contributed by atoms with Crippen molar-refractivity contribution in [1.82, 2.24) is 0 Å². The van der Waals surface area contributed by atoms with Gasteiger partial charge in [-0.25, -0.2) is 4.39 Å². The normalized spacial score (nSPS) is 13.5. The van der Waals surface area contributed by atoms with E-state index in [2.05, 4.69) is 0 Å². The van der Waals surface area contributed by atoms with Crippen LogP contribution in [0.15, 0.2) is 28.9 Å². The van der Waals surface area contributed by atoms with E-state index in [-0.39, 0.29) is 0 Å². The van der Waals surface area contributed by atoms with Crippen LogP contribution in [0.25, 0.3) is 11.0 Å². The molecule has 1 unspecified atom stereocenters. The maximum absolute atomic E-state index is 13.2. The van der Waals surface area contributed by atoms with Crippen LogP contribution in [-0.4, -0.2) is 5.11 Å². The Morgan fingerprint density at radius 3 is 2.85 bits per heavy atom. The number of benzene rings is 1. The average Bonchev–Trinajstić information content (AvgIpc) is 2.50. The van der Waals surface area contributed by atoms with E-state index in [0.717, 1.165) is 0 Å². The molecule has 1 heterocycles. The predicted octanol–water partition coefficient (Wildman–Crippen LogP) is 2.63. The molecular formula is C10H9FO2. The molecule has 0 saturated carbocycles. The lowest BCUT2D eigenvalue weighted by Crippen LogP contribution is -1.95. The largest absolute Gasteiger partial charge is 0.464 e. The van der Waals surface area contributed by atoms with E-state index in [1.807, 2.05) is 0 Å². The highest BCUT2D eigenvalue weighted by Gasteiger charge is 2.13. The third-order valence-corrected chi connectivity index (χ3v) is 2.04. The second-order valence-electron chi connectivity index (χ2n) is 2.97. The summed E-state index contributed by atoms with van der Waals surface area (Å²) < 4.78 is 18.3. The summed E-state index contributed by atoms with van der Waals surface area (Å²) in [6.45, 7) is 1.53. The highest BCUT2D eigenvalue weighted by molar-refractivity contribution is 5.81. The molecule has 0 radical (unpaired) electrons. The summed E-state index contributed by atoms with van der Waals surface area (Å²) >= 11 is 0. The van der Waals surface area contributed by atoms with Gasteiger partial charge < -0.3 is 9.52 Å². The summed E-state index contributed by atoms with van der Waals surface area (Å²) in [6, 6.07) is 4.50. The van der Waals surface area contributed by atoms with Crippen LogP contribution < -0.4 is 0 Å². The van der Waals surface area contributed by atoms with Gasteiger partial charge in [-0.3, -0.25) is 0 Å². The second-order valence-corrected chi connectivity index (χ2v) is 2.97. The summed E-state index contributed by atoms with van der Waals surface area (Å²) in [5.74, 6) is -0.399. The van der Waals surface area contributed by atoms with Crippen LogP contribution in [0.3, 0.4) is 0 Å². The van der Waals surface area contributed by atoms with Gasteiger partial charge in [-0.15, -0.1) is 0 Å². The van der Waals surface area contributed by atoms with Crippen molar-refractivity contribution in [1.29, 1.82) is 0 Å². The van der Waals surface area contributed by atoms with Gasteiger partial charge in [0.15, 0.2) is 0 Å². The van der Waals surface area contributed by atoms with Gasteiger partial charge in [-0.05, 0) is 25.1 Å². The first-order valence-electron chi connectivity index (χ1n) is 4.04. The van der Waals surface area contributed by atoms with Crippen molar-refractivity contribution in [2.45, 2.75) is 13.0 Å². The number of aliphatic hydroxyl groups excluding tert-OH is 1. The minimum Gasteiger partial charge on any atom is -0.464 e.